The van der Waals surface area contributed by atoms with Crippen molar-refractivity contribution in [3.63, 3.8) is 0 Å². The summed E-state index contributed by atoms with van der Waals surface area (Å²) in [6.45, 7) is 1.93. The average Bonchev–Trinajstić information content (AvgIpc) is 2.77. The number of rotatable bonds is 6. The maximum Gasteiger partial charge on any atom is 0.320 e. The second-order valence-electron chi connectivity index (χ2n) is 5.95. The number of sulfonamides is 1. The molecule has 0 bridgehead atoms. The minimum Gasteiger partial charge on any atom is -0.337 e. The summed E-state index contributed by atoms with van der Waals surface area (Å²) < 4.78 is 28.3. The van der Waals surface area contributed by atoms with Crippen LogP contribution in [0.3, 0.4) is 0 Å². The number of aryl methyl sites for hydroxylation is 2. The predicted octanol–water partition coefficient (Wildman–Crippen LogP) is 1.10. The van der Waals surface area contributed by atoms with Gasteiger partial charge in [-0.15, -0.1) is 0 Å². The van der Waals surface area contributed by atoms with E-state index >= 15 is 0 Å². The van der Waals surface area contributed by atoms with E-state index in [1.165, 1.54) is 6.42 Å². The fraction of sp³-hybridized carbons (Fsp3) is 0.714. The molecule has 2 rings (SSSR count). The lowest BCUT2D eigenvalue weighted by atomic mass is 9.96. The molecule has 1 fully saturated rings. The van der Waals surface area contributed by atoms with Crippen LogP contribution in [0.15, 0.2) is 6.07 Å². The monoisotopic (exact) mass is 343 g/mol. The van der Waals surface area contributed by atoms with Gasteiger partial charge in [-0.2, -0.15) is 5.10 Å². The highest BCUT2D eigenvalue weighted by Gasteiger charge is 2.20. The van der Waals surface area contributed by atoms with E-state index in [2.05, 4.69) is 20.5 Å². The Balaban J connectivity index is 1.71. The summed E-state index contributed by atoms with van der Waals surface area (Å²) in [5.41, 5.74) is 0.916. The van der Waals surface area contributed by atoms with Gasteiger partial charge in [0.05, 0.1) is 5.75 Å². The molecule has 3 N–H and O–H groups in total. The molecule has 2 amide bonds. The molecule has 130 valence electrons. The molecule has 0 aliphatic heterocycles. The molecule has 1 aromatic heterocycles. The van der Waals surface area contributed by atoms with Crippen LogP contribution in [0.5, 0.6) is 0 Å². The van der Waals surface area contributed by atoms with Gasteiger partial charge in [0.15, 0.2) is 5.82 Å². The van der Waals surface area contributed by atoms with Gasteiger partial charge < -0.3 is 5.32 Å². The zero-order valence-electron chi connectivity index (χ0n) is 13.6. The van der Waals surface area contributed by atoms with E-state index < -0.39 is 16.1 Å². The Kier molecular flexibility index (Phi) is 6.00. The molecule has 1 aliphatic carbocycles. The number of amides is 2. The molecule has 1 aliphatic rings. The van der Waals surface area contributed by atoms with Crippen LogP contribution in [0.4, 0.5) is 10.6 Å². The number of aromatic nitrogens is 2. The maximum absolute atomic E-state index is 12.0. The summed E-state index contributed by atoms with van der Waals surface area (Å²) in [6.07, 6.45) is 5.10. The molecule has 9 heteroatoms. The standard InChI is InChI=1S/C14H25N5O3S/c1-11-10-13(17-19(11)2)16-14(20)15-8-9-23(21,22)18-12-6-4-3-5-7-12/h10,12,18H,3-9H2,1-2H3,(H2,15,16,17,20). The van der Waals surface area contributed by atoms with Crippen molar-refractivity contribution < 1.29 is 13.2 Å². The SMILES string of the molecule is Cc1cc(NC(=O)NCCS(=O)(=O)NC2CCCCC2)nn1C. The smallest absolute Gasteiger partial charge is 0.320 e. The third kappa shape index (κ3) is 5.83. The summed E-state index contributed by atoms with van der Waals surface area (Å²) in [6, 6.07) is 1.32. The number of nitrogens with zero attached hydrogens (tertiary/aromatic N) is 2. The van der Waals surface area contributed by atoms with Crippen molar-refractivity contribution in [3.05, 3.63) is 11.8 Å². The molecule has 1 aromatic rings. The van der Waals surface area contributed by atoms with Gasteiger partial charge in [0, 0.05) is 31.4 Å². The van der Waals surface area contributed by atoms with Gasteiger partial charge in [-0.25, -0.2) is 17.9 Å². The molecular formula is C14H25N5O3S. The molecule has 0 radical (unpaired) electrons. The molecule has 0 atom stereocenters. The van der Waals surface area contributed by atoms with Gasteiger partial charge in [-0.3, -0.25) is 10.00 Å². The number of hydrogen-bond acceptors (Lipinski definition) is 4. The molecule has 1 saturated carbocycles. The largest absolute Gasteiger partial charge is 0.337 e. The Morgan fingerprint density at radius 3 is 2.65 bits per heavy atom. The Morgan fingerprint density at radius 1 is 1.35 bits per heavy atom. The van der Waals surface area contributed by atoms with Crippen molar-refractivity contribution in [3.8, 4) is 0 Å². The molecule has 0 saturated heterocycles. The summed E-state index contributed by atoms with van der Waals surface area (Å²) in [4.78, 5) is 11.7. The van der Waals surface area contributed by atoms with Crippen LogP contribution in [0.2, 0.25) is 0 Å². The van der Waals surface area contributed by atoms with Crippen molar-refractivity contribution in [2.75, 3.05) is 17.6 Å². The number of nitrogens with one attached hydrogen (secondary N) is 3. The van der Waals surface area contributed by atoms with Crippen molar-refractivity contribution in [2.24, 2.45) is 7.05 Å². The van der Waals surface area contributed by atoms with Gasteiger partial charge in [-0.05, 0) is 19.8 Å². The highest BCUT2D eigenvalue weighted by molar-refractivity contribution is 7.89. The highest BCUT2D eigenvalue weighted by Crippen LogP contribution is 2.17. The Bertz CT molecular complexity index is 615. The second kappa shape index (κ2) is 7.78. The molecule has 0 aromatic carbocycles. The molecule has 8 nitrogen and oxygen atoms in total. The minimum absolute atomic E-state index is 0.0408. The van der Waals surface area contributed by atoms with E-state index in [9.17, 15) is 13.2 Å². The van der Waals surface area contributed by atoms with Crippen LogP contribution >= 0.6 is 0 Å². The topological polar surface area (TPSA) is 105 Å². The lowest BCUT2D eigenvalue weighted by Crippen LogP contribution is -2.41. The summed E-state index contributed by atoms with van der Waals surface area (Å²) in [7, 11) is -1.58. The van der Waals surface area contributed by atoms with Crippen LogP contribution in [0.25, 0.3) is 0 Å². The van der Waals surface area contributed by atoms with E-state index in [4.69, 9.17) is 0 Å². The fourth-order valence-electron chi connectivity index (χ4n) is 2.61. The van der Waals surface area contributed by atoms with Crippen molar-refractivity contribution in [1.82, 2.24) is 19.8 Å². The van der Waals surface area contributed by atoms with Crippen LogP contribution in [0.1, 0.15) is 37.8 Å². The van der Waals surface area contributed by atoms with Gasteiger partial charge in [-0.1, -0.05) is 19.3 Å². The van der Waals surface area contributed by atoms with Crippen LogP contribution in [-0.4, -0.2) is 42.6 Å². The average molecular weight is 343 g/mol. The molecular weight excluding hydrogens is 318 g/mol. The first-order valence-electron chi connectivity index (χ1n) is 7.91. The first kappa shape index (κ1) is 17.7. The molecule has 1 heterocycles. The van der Waals surface area contributed by atoms with Gasteiger partial charge in [0.25, 0.3) is 0 Å². The van der Waals surface area contributed by atoms with Crippen LogP contribution in [-0.2, 0) is 17.1 Å². The van der Waals surface area contributed by atoms with Gasteiger partial charge in [0.2, 0.25) is 10.0 Å². The third-order valence-corrected chi connectivity index (χ3v) is 5.40. The molecule has 23 heavy (non-hydrogen) atoms. The van der Waals surface area contributed by atoms with Gasteiger partial charge >= 0.3 is 6.03 Å². The molecule has 0 unspecified atom stereocenters. The number of urea groups is 1. The van der Waals surface area contributed by atoms with Crippen molar-refractivity contribution >= 4 is 21.9 Å². The lowest BCUT2D eigenvalue weighted by Gasteiger charge is -2.22. The van der Waals surface area contributed by atoms with E-state index in [0.717, 1.165) is 31.4 Å². The number of carbonyl (C=O) groups is 1. The number of hydrogen-bond donors (Lipinski definition) is 3. The molecule has 0 spiro atoms. The lowest BCUT2D eigenvalue weighted by molar-refractivity contribution is 0.252. The van der Waals surface area contributed by atoms with E-state index in [-0.39, 0.29) is 18.3 Å². The minimum atomic E-state index is -3.36. The maximum atomic E-state index is 12.0. The first-order chi connectivity index (χ1) is 10.9. The van der Waals surface area contributed by atoms with Crippen molar-refractivity contribution in [2.45, 2.75) is 45.1 Å². The fourth-order valence-corrected chi connectivity index (χ4v) is 3.85. The first-order valence-corrected chi connectivity index (χ1v) is 9.56. The van der Waals surface area contributed by atoms with E-state index in [0.29, 0.717) is 5.82 Å². The summed E-state index contributed by atoms with van der Waals surface area (Å²) in [5.74, 6) is 0.309. The Morgan fingerprint density at radius 2 is 2.04 bits per heavy atom. The Hall–Kier alpha value is -1.61. The second-order valence-corrected chi connectivity index (χ2v) is 7.82. The zero-order valence-corrected chi connectivity index (χ0v) is 14.4. The number of anilines is 1. The van der Waals surface area contributed by atoms with Gasteiger partial charge in [0.1, 0.15) is 0 Å². The van der Waals surface area contributed by atoms with Crippen LogP contribution < -0.4 is 15.4 Å². The Labute approximate surface area is 137 Å². The van der Waals surface area contributed by atoms with E-state index in [1.807, 2.05) is 6.92 Å². The third-order valence-electron chi connectivity index (χ3n) is 3.96. The quantitative estimate of drug-likeness (QED) is 0.719. The van der Waals surface area contributed by atoms with Crippen LogP contribution in [0, 0.1) is 6.92 Å². The zero-order chi connectivity index (χ0) is 16.9. The predicted molar refractivity (Wildman–Crippen MR) is 88.8 cm³/mol. The van der Waals surface area contributed by atoms with E-state index in [1.54, 1.807) is 17.8 Å². The summed E-state index contributed by atoms with van der Waals surface area (Å²) >= 11 is 0. The highest BCUT2D eigenvalue weighted by atomic mass is 32.2. The number of carbonyl (C=O) groups excluding carboxylic acids is 1. The normalized spacial score (nSPS) is 16.3. The summed E-state index contributed by atoms with van der Waals surface area (Å²) in [5, 5.41) is 9.21. The van der Waals surface area contributed by atoms with Crippen molar-refractivity contribution in [1.29, 1.82) is 0 Å².